The number of nitrogens with zero attached hydrogens (tertiary/aromatic N) is 2. The van der Waals surface area contributed by atoms with Gasteiger partial charge in [-0.3, -0.25) is 4.68 Å². The molecule has 1 aromatic rings. The Kier molecular flexibility index (Phi) is 4.54. The van der Waals surface area contributed by atoms with Crippen molar-refractivity contribution in [2.24, 2.45) is 0 Å². The number of hydrogen-bond acceptors (Lipinski definition) is 2. The van der Waals surface area contributed by atoms with Gasteiger partial charge < -0.3 is 5.11 Å². The smallest absolute Gasteiger partial charge is 0.0823 e. The summed E-state index contributed by atoms with van der Waals surface area (Å²) in [7, 11) is 0. The normalized spacial score (nSPS) is 13.4. The number of aliphatic hydroxyl groups excluding tert-OH is 1. The Bertz CT molecular complexity index is 342. The Hall–Kier alpha value is -0.830. The first kappa shape index (κ1) is 13.2. The van der Waals surface area contributed by atoms with E-state index in [1.54, 1.807) is 0 Å². The van der Waals surface area contributed by atoms with Gasteiger partial charge >= 0.3 is 0 Å². The maximum Gasteiger partial charge on any atom is 0.0823 e. The van der Waals surface area contributed by atoms with Gasteiger partial charge in [-0.1, -0.05) is 20.8 Å². The topological polar surface area (TPSA) is 38.0 Å². The van der Waals surface area contributed by atoms with Crippen LogP contribution in [-0.4, -0.2) is 14.9 Å². The molecule has 1 atom stereocenters. The predicted molar refractivity (Wildman–Crippen MR) is 66.6 cm³/mol. The minimum absolute atomic E-state index is 0.359. The summed E-state index contributed by atoms with van der Waals surface area (Å²) in [5, 5.41) is 14.7. The van der Waals surface area contributed by atoms with Crippen molar-refractivity contribution in [2.45, 2.75) is 66.0 Å². The van der Waals surface area contributed by atoms with Crippen LogP contribution in [0.1, 0.15) is 70.1 Å². The van der Waals surface area contributed by atoms with Gasteiger partial charge in [-0.15, -0.1) is 0 Å². The molecule has 0 aliphatic heterocycles. The molecule has 3 heteroatoms. The van der Waals surface area contributed by atoms with E-state index >= 15 is 0 Å². The summed E-state index contributed by atoms with van der Waals surface area (Å²) >= 11 is 0. The van der Waals surface area contributed by atoms with Crippen molar-refractivity contribution in [3.8, 4) is 0 Å². The van der Waals surface area contributed by atoms with E-state index in [9.17, 15) is 5.11 Å². The second kappa shape index (κ2) is 5.48. The molecule has 1 N–H and O–H groups in total. The van der Waals surface area contributed by atoms with Gasteiger partial charge in [0.15, 0.2) is 0 Å². The van der Waals surface area contributed by atoms with Gasteiger partial charge in [0.2, 0.25) is 0 Å². The molecule has 16 heavy (non-hydrogen) atoms. The molecule has 0 aliphatic carbocycles. The van der Waals surface area contributed by atoms with E-state index < -0.39 is 0 Å². The molecule has 0 saturated heterocycles. The van der Waals surface area contributed by atoms with Gasteiger partial charge in [-0.25, -0.2) is 0 Å². The summed E-state index contributed by atoms with van der Waals surface area (Å²) in [4.78, 5) is 0. The molecule has 0 fully saturated rings. The Morgan fingerprint density at radius 3 is 2.19 bits per heavy atom. The highest BCUT2D eigenvalue weighted by Crippen LogP contribution is 2.27. The predicted octanol–water partition coefficient (Wildman–Crippen LogP) is 3.03. The number of aliphatic hydroxyl groups is 1. The standard InChI is InChI=1S/C13H24N2O/c1-6-10-13(12(16)8-3)11(7-2)15(14-10)9(4)5/h9,12,16H,6-8H2,1-5H3. The third-order valence-electron chi connectivity index (χ3n) is 3.01. The van der Waals surface area contributed by atoms with Gasteiger partial charge in [-0.2, -0.15) is 5.10 Å². The quantitative estimate of drug-likeness (QED) is 0.834. The van der Waals surface area contributed by atoms with Crippen LogP contribution in [-0.2, 0) is 12.8 Å². The second-order valence-corrected chi connectivity index (χ2v) is 4.48. The van der Waals surface area contributed by atoms with Crippen molar-refractivity contribution in [3.05, 3.63) is 17.0 Å². The highest BCUT2D eigenvalue weighted by Gasteiger charge is 2.21. The van der Waals surface area contributed by atoms with Gasteiger partial charge in [0.1, 0.15) is 0 Å². The summed E-state index contributed by atoms with van der Waals surface area (Å²) in [5.41, 5.74) is 3.32. The van der Waals surface area contributed by atoms with Crippen molar-refractivity contribution in [3.63, 3.8) is 0 Å². The molecule has 92 valence electrons. The zero-order valence-electron chi connectivity index (χ0n) is 11.1. The molecule has 1 unspecified atom stereocenters. The summed E-state index contributed by atoms with van der Waals surface area (Å²) < 4.78 is 2.06. The monoisotopic (exact) mass is 224 g/mol. The average molecular weight is 224 g/mol. The maximum atomic E-state index is 10.1. The fourth-order valence-electron chi connectivity index (χ4n) is 2.16. The molecule has 3 nitrogen and oxygen atoms in total. The van der Waals surface area contributed by atoms with Crippen molar-refractivity contribution in [1.82, 2.24) is 9.78 Å². The molecule has 0 bridgehead atoms. The summed E-state index contributed by atoms with van der Waals surface area (Å²) in [6.45, 7) is 10.5. The lowest BCUT2D eigenvalue weighted by Crippen LogP contribution is -2.08. The summed E-state index contributed by atoms with van der Waals surface area (Å²) in [6, 6.07) is 0.359. The van der Waals surface area contributed by atoms with Crippen LogP contribution >= 0.6 is 0 Å². The number of aromatic nitrogens is 2. The molecule has 0 spiro atoms. The van der Waals surface area contributed by atoms with E-state index in [1.165, 1.54) is 5.69 Å². The molecule has 0 saturated carbocycles. The minimum atomic E-state index is -0.364. The van der Waals surface area contributed by atoms with Crippen LogP contribution < -0.4 is 0 Å². The molecular weight excluding hydrogens is 200 g/mol. The first-order valence-electron chi connectivity index (χ1n) is 6.34. The van der Waals surface area contributed by atoms with Crippen LogP contribution in [0, 0.1) is 0 Å². The number of rotatable bonds is 5. The van der Waals surface area contributed by atoms with Crippen LogP contribution in [0.15, 0.2) is 0 Å². The van der Waals surface area contributed by atoms with E-state index in [0.29, 0.717) is 6.04 Å². The fourth-order valence-corrected chi connectivity index (χ4v) is 2.16. The molecule has 1 rings (SSSR count). The van der Waals surface area contributed by atoms with Gasteiger partial charge in [0, 0.05) is 17.3 Å². The molecular formula is C13H24N2O. The average Bonchev–Trinajstić information content (AvgIpc) is 2.66. The second-order valence-electron chi connectivity index (χ2n) is 4.48. The van der Waals surface area contributed by atoms with Crippen LogP contribution in [0.5, 0.6) is 0 Å². The highest BCUT2D eigenvalue weighted by atomic mass is 16.3. The van der Waals surface area contributed by atoms with Crippen molar-refractivity contribution in [2.75, 3.05) is 0 Å². The van der Waals surface area contributed by atoms with Crippen LogP contribution in [0.4, 0.5) is 0 Å². The van der Waals surface area contributed by atoms with Crippen molar-refractivity contribution < 1.29 is 5.11 Å². The summed E-state index contributed by atoms with van der Waals surface area (Å²) in [6.07, 6.45) is 2.21. The SMILES string of the molecule is CCc1nn(C(C)C)c(CC)c1C(O)CC. The Labute approximate surface area is 98.5 Å². The van der Waals surface area contributed by atoms with Crippen molar-refractivity contribution in [1.29, 1.82) is 0 Å². The highest BCUT2D eigenvalue weighted by molar-refractivity contribution is 5.29. The Morgan fingerprint density at radius 1 is 1.19 bits per heavy atom. The van der Waals surface area contributed by atoms with Crippen LogP contribution in [0.25, 0.3) is 0 Å². The number of hydrogen-bond donors (Lipinski definition) is 1. The lowest BCUT2D eigenvalue weighted by Gasteiger charge is -2.13. The lowest BCUT2D eigenvalue weighted by molar-refractivity contribution is 0.171. The molecule has 0 radical (unpaired) electrons. The third-order valence-corrected chi connectivity index (χ3v) is 3.01. The zero-order valence-corrected chi connectivity index (χ0v) is 11.1. The maximum absolute atomic E-state index is 10.1. The van der Waals surface area contributed by atoms with E-state index in [2.05, 4.69) is 37.5 Å². The van der Waals surface area contributed by atoms with E-state index in [1.807, 2.05) is 6.92 Å². The van der Waals surface area contributed by atoms with E-state index in [-0.39, 0.29) is 6.10 Å². The lowest BCUT2D eigenvalue weighted by atomic mass is 10.0. The third kappa shape index (κ3) is 2.29. The minimum Gasteiger partial charge on any atom is -0.388 e. The van der Waals surface area contributed by atoms with Gasteiger partial charge in [0.05, 0.1) is 11.8 Å². The fraction of sp³-hybridized carbons (Fsp3) is 0.769. The molecule has 0 amide bonds. The van der Waals surface area contributed by atoms with E-state index in [0.717, 1.165) is 30.5 Å². The summed E-state index contributed by atoms with van der Waals surface area (Å²) in [5.74, 6) is 0. The molecule has 1 aromatic heterocycles. The van der Waals surface area contributed by atoms with Crippen LogP contribution in [0.2, 0.25) is 0 Å². The van der Waals surface area contributed by atoms with E-state index in [4.69, 9.17) is 0 Å². The first-order chi connectivity index (χ1) is 7.56. The Balaban J connectivity index is 3.31. The van der Waals surface area contributed by atoms with Gasteiger partial charge in [0.25, 0.3) is 0 Å². The Morgan fingerprint density at radius 2 is 1.81 bits per heavy atom. The molecule has 1 heterocycles. The molecule has 0 aliphatic rings. The first-order valence-corrected chi connectivity index (χ1v) is 6.34. The molecule has 0 aromatic carbocycles. The van der Waals surface area contributed by atoms with Gasteiger partial charge in [-0.05, 0) is 33.1 Å². The largest absolute Gasteiger partial charge is 0.388 e. The number of aryl methyl sites for hydroxylation is 1. The zero-order chi connectivity index (χ0) is 12.3. The van der Waals surface area contributed by atoms with Crippen molar-refractivity contribution >= 4 is 0 Å². The van der Waals surface area contributed by atoms with Crippen LogP contribution in [0.3, 0.4) is 0 Å².